The van der Waals surface area contributed by atoms with Gasteiger partial charge in [0.2, 0.25) is 5.91 Å². The van der Waals surface area contributed by atoms with Gasteiger partial charge in [0.25, 0.3) is 11.8 Å². The van der Waals surface area contributed by atoms with E-state index in [1.807, 2.05) is 0 Å². The van der Waals surface area contributed by atoms with E-state index in [-0.39, 0.29) is 18.1 Å². The molecule has 0 bridgehead atoms. The maximum absolute atomic E-state index is 11.7. The normalized spacial score (nSPS) is 21.2. The first kappa shape index (κ1) is 17.0. The van der Waals surface area contributed by atoms with E-state index in [4.69, 9.17) is 9.47 Å². The van der Waals surface area contributed by atoms with Crippen LogP contribution in [0.3, 0.4) is 0 Å². The van der Waals surface area contributed by atoms with E-state index in [9.17, 15) is 4.79 Å². The van der Waals surface area contributed by atoms with Crippen molar-refractivity contribution in [1.29, 1.82) is 0 Å². The van der Waals surface area contributed by atoms with Crippen LogP contribution in [-0.2, 0) is 4.79 Å². The van der Waals surface area contributed by atoms with Crippen molar-refractivity contribution in [2.24, 2.45) is 0 Å². The smallest absolute Gasteiger partial charge is 0.278 e. The van der Waals surface area contributed by atoms with Gasteiger partial charge in [-0.1, -0.05) is 15.9 Å². The van der Waals surface area contributed by atoms with E-state index in [1.54, 1.807) is 19.5 Å². The second-order valence-corrected chi connectivity index (χ2v) is 6.12. The third-order valence-electron chi connectivity index (χ3n) is 3.68. The van der Waals surface area contributed by atoms with E-state index >= 15 is 0 Å². The average molecular weight is 372 g/mol. The van der Waals surface area contributed by atoms with Gasteiger partial charge in [-0.2, -0.15) is 0 Å². The summed E-state index contributed by atoms with van der Waals surface area (Å²) in [6.07, 6.45) is 8.35. The van der Waals surface area contributed by atoms with Crippen LogP contribution in [0.5, 0.6) is 11.8 Å². The summed E-state index contributed by atoms with van der Waals surface area (Å²) in [4.78, 5) is 20.0. The summed E-state index contributed by atoms with van der Waals surface area (Å²) in [6.45, 7) is 0. The molecule has 0 aromatic carbocycles. The fourth-order valence-electron chi connectivity index (χ4n) is 2.54. The Labute approximate surface area is 139 Å². The van der Waals surface area contributed by atoms with Crippen LogP contribution in [0, 0.1) is 0 Å². The van der Waals surface area contributed by atoms with Gasteiger partial charge in [0.05, 0.1) is 7.11 Å². The molecule has 0 radical (unpaired) electrons. The molecule has 1 aliphatic carbocycles. The Morgan fingerprint density at radius 2 is 1.95 bits per heavy atom. The number of methoxy groups -OCH3 is 1. The molecule has 122 valence electrons. The molecule has 22 heavy (non-hydrogen) atoms. The fourth-order valence-corrected chi connectivity index (χ4v) is 2.82. The third-order valence-corrected chi connectivity index (χ3v) is 4.24. The number of carbonyl (C=O) groups excluding carboxylic acids is 1. The van der Waals surface area contributed by atoms with Crippen molar-refractivity contribution in [2.45, 2.75) is 50.7 Å². The lowest BCUT2D eigenvalue weighted by molar-refractivity contribution is -0.122. The summed E-state index contributed by atoms with van der Waals surface area (Å²) in [6, 6.07) is 0.256. The Kier molecular flexibility index (Phi) is 6.89. The minimum absolute atomic E-state index is 0.0984. The van der Waals surface area contributed by atoms with Crippen LogP contribution in [0.4, 0.5) is 0 Å². The second kappa shape index (κ2) is 8.92. The molecule has 7 heteroatoms. The Balaban J connectivity index is 1.76. The van der Waals surface area contributed by atoms with Crippen LogP contribution in [-0.4, -0.2) is 40.5 Å². The first-order chi connectivity index (χ1) is 10.7. The first-order valence-corrected chi connectivity index (χ1v) is 8.72. The van der Waals surface area contributed by atoms with Gasteiger partial charge in [-0.25, -0.2) is 9.97 Å². The Bertz CT molecular complexity index is 479. The molecular weight excluding hydrogens is 350 g/mol. The van der Waals surface area contributed by atoms with E-state index in [0.717, 1.165) is 37.4 Å². The zero-order chi connectivity index (χ0) is 15.8. The molecule has 0 unspecified atom stereocenters. The molecule has 0 spiro atoms. The third kappa shape index (κ3) is 5.12. The summed E-state index contributed by atoms with van der Waals surface area (Å²) >= 11 is 3.34. The SMILES string of the molecule is COc1nccnc1OC1CCC(NC(=O)CCCBr)CC1. The maximum Gasteiger partial charge on any atom is 0.278 e. The van der Waals surface area contributed by atoms with Crippen molar-refractivity contribution in [3.63, 3.8) is 0 Å². The zero-order valence-electron chi connectivity index (χ0n) is 12.8. The van der Waals surface area contributed by atoms with Crippen molar-refractivity contribution in [3.05, 3.63) is 12.4 Å². The van der Waals surface area contributed by atoms with Gasteiger partial charge >= 0.3 is 0 Å². The van der Waals surface area contributed by atoms with Crippen molar-refractivity contribution in [2.75, 3.05) is 12.4 Å². The van der Waals surface area contributed by atoms with Crippen LogP contribution in [0.2, 0.25) is 0 Å². The highest BCUT2D eigenvalue weighted by atomic mass is 79.9. The molecule has 1 N–H and O–H groups in total. The number of carbonyl (C=O) groups is 1. The van der Waals surface area contributed by atoms with Crippen LogP contribution < -0.4 is 14.8 Å². The van der Waals surface area contributed by atoms with E-state index < -0.39 is 0 Å². The molecule has 0 aliphatic heterocycles. The Morgan fingerprint density at radius 1 is 1.27 bits per heavy atom. The predicted molar refractivity (Wildman–Crippen MR) is 86.4 cm³/mol. The summed E-state index contributed by atoms with van der Waals surface area (Å²) in [7, 11) is 1.55. The van der Waals surface area contributed by atoms with Crippen molar-refractivity contribution < 1.29 is 14.3 Å². The number of amides is 1. The topological polar surface area (TPSA) is 73.3 Å². The molecule has 1 fully saturated rings. The minimum Gasteiger partial charge on any atom is -0.477 e. The number of hydrogen-bond donors (Lipinski definition) is 1. The highest BCUT2D eigenvalue weighted by Crippen LogP contribution is 2.27. The lowest BCUT2D eigenvalue weighted by Gasteiger charge is -2.29. The Morgan fingerprint density at radius 3 is 2.59 bits per heavy atom. The van der Waals surface area contributed by atoms with Gasteiger partial charge in [0, 0.05) is 30.2 Å². The first-order valence-electron chi connectivity index (χ1n) is 7.60. The Hall–Kier alpha value is -1.37. The molecule has 1 aliphatic rings. The highest BCUT2D eigenvalue weighted by Gasteiger charge is 2.24. The average Bonchev–Trinajstić information content (AvgIpc) is 2.55. The van der Waals surface area contributed by atoms with E-state index in [0.29, 0.717) is 18.2 Å². The molecule has 1 aromatic heterocycles. The van der Waals surface area contributed by atoms with Crippen LogP contribution >= 0.6 is 15.9 Å². The number of nitrogens with zero attached hydrogens (tertiary/aromatic N) is 2. The van der Waals surface area contributed by atoms with Gasteiger partial charge in [0.15, 0.2) is 0 Å². The molecular formula is C15H22BrN3O3. The summed E-state index contributed by atoms with van der Waals surface area (Å²) in [5.74, 6) is 0.988. The molecule has 6 nitrogen and oxygen atoms in total. The molecule has 2 rings (SSSR count). The number of ether oxygens (including phenoxy) is 2. The molecule has 0 saturated heterocycles. The number of alkyl halides is 1. The maximum atomic E-state index is 11.7. The second-order valence-electron chi connectivity index (χ2n) is 5.32. The van der Waals surface area contributed by atoms with Crippen LogP contribution in [0.15, 0.2) is 12.4 Å². The number of aromatic nitrogens is 2. The molecule has 1 heterocycles. The van der Waals surface area contributed by atoms with Gasteiger partial charge in [-0.15, -0.1) is 0 Å². The predicted octanol–water partition coefficient (Wildman–Crippen LogP) is 2.47. The van der Waals surface area contributed by atoms with Gasteiger partial charge in [-0.3, -0.25) is 4.79 Å². The van der Waals surface area contributed by atoms with Crippen molar-refractivity contribution in [1.82, 2.24) is 15.3 Å². The number of halogens is 1. The van der Waals surface area contributed by atoms with E-state index in [2.05, 4.69) is 31.2 Å². The molecule has 1 amide bonds. The molecule has 1 saturated carbocycles. The van der Waals surface area contributed by atoms with Crippen molar-refractivity contribution in [3.8, 4) is 11.8 Å². The molecule has 1 aromatic rings. The monoisotopic (exact) mass is 371 g/mol. The van der Waals surface area contributed by atoms with Crippen LogP contribution in [0.25, 0.3) is 0 Å². The number of nitrogens with one attached hydrogen (secondary N) is 1. The quantitative estimate of drug-likeness (QED) is 0.745. The highest BCUT2D eigenvalue weighted by molar-refractivity contribution is 9.09. The lowest BCUT2D eigenvalue weighted by Crippen LogP contribution is -2.39. The van der Waals surface area contributed by atoms with E-state index in [1.165, 1.54) is 0 Å². The van der Waals surface area contributed by atoms with Crippen LogP contribution in [0.1, 0.15) is 38.5 Å². The van der Waals surface area contributed by atoms with Gasteiger partial charge in [0.1, 0.15) is 6.10 Å². The fraction of sp³-hybridized carbons (Fsp3) is 0.667. The minimum atomic E-state index is 0.0984. The number of rotatable bonds is 7. The van der Waals surface area contributed by atoms with Crippen molar-refractivity contribution >= 4 is 21.8 Å². The lowest BCUT2D eigenvalue weighted by atomic mass is 9.93. The summed E-state index contributed by atoms with van der Waals surface area (Å²) in [5, 5.41) is 3.95. The summed E-state index contributed by atoms with van der Waals surface area (Å²) in [5.41, 5.74) is 0. The standard InChI is InChI=1S/C15H22BrN3O3/c1-21-14-15(18-10-9-17-14)22-12-6-4-11(5-7-12)19-13(20)3-2-8-16/h9-12H,2-8H2,1H3,(H,19,20). The summed E-state index contributed by atoms with van der Waals surface area (Å²) < 4.78 is 11.0. The largest absolute Gasteiger partial charge is 0.477 e. The molecule has 0 atom stereocenters. The zero-order valence-corrected chi connectivity index (χ0v) is 14.3. The number of hydrogen-bond acceptors (Lipinski definition) is 5. The van der Waals surface area contributed by atoms with Gasteiger partial charge < -0.3 is 14.8 Å². The van der Waals surface area contributed by atoms with Gasteiger partial charge in [-0.05, 0) is 32.1 Å².